The van der Waals surface area contributed by atoms with Crippen molar-refractivity contribution in [3.63, 3.8) is 0 Å². The third-order valence-electron chi connectivity index (χ3n) is 5.26. The van der Waals surface area contributed by atoms with E-state index < -0.39 is 0 Å². The van der Waals surface area contributed by atoms with Gasteiger partial charge in [0.2, 0.25) is 0 Å². The SMILES string of the molecule is CCCCCP(CCCCC)C1c2ccccc2-c2ccccc21. The Morgan fingerprint density at radius 3 is 1.58 bits per heavy atom. The van der Waals surface area contributed by atoms with Gasteiger partial charge >= 0.3 is 0 Å². The molecule has 0 saturated heterocycles. The molecule has 0 fully saturated rings. The fraction of sp³-hybridized carbons (Fsp3) is 0.478. The van der Waals surface area contributed by atoms with Crippen LogP contribution in [0.4, 0.5) is 0 Å². The van der Waals surface area contributed by atoms with Crippen molar-refractivity contribution in [1.82, 2.24) is 0 Å². The van der Waals surface area contributed by atoms with Crippen LogP contribution in [0.25, 0.3) is 11.1 Å². The minimum Gasteiger partial charge on any atom is -0.0943 e. The van der Waals surface area contributed by atoms with Crippen LogP contribution in [0.3, 0.4) is 0 Å². The molecule has 0 aliphatic heterocycles. The van der Waals surface area contributed by atoms with E-state index in [9.17, 15) is 0 Å². The van der Waals surface area contributed by atoms with Crippen molar-refractivity contribution in [2.45, 2.75) is 58.0 Å². The molecule has 2 aromatic carbocycles. The van der Waals surface area contributed by atoms with Gasteiger partial charge in [0.15, 0.2) is 0 Å². The highest BCUT2D eigenvalue weighted by Crippen LogP contribution is 2.62. The molecule has 2 aromatic rings. The Labute approximate surface area is 149 Å². The molecule has 0 aromatic heterocycles. The quantitative estimate of drug-likeness (QED) is 0.326. The van der Waals surface area contributed by atoms with Gasteiger partial charge in [-0.25, -0.2) is 0 Å². The lowest BCUT2D eigenvalue weighted by molar-refractivity contribution is 0.759. The van der Waals surface area contributed by atoms with Crippen LogP contribution in [-0.4, -0.2) is 12.3 Å². The first-order valence-corrected chi connectivity index (χ1v) is 11.6. The molecule has 0 saturated carbocycles. The molecule has 0 amide bonds. The summed E-state index contributed by atoms with van der Waals surface area (Å²) in [6.07, 6.45) is 11.2. The molecule has 3 rings (SSSR count). The van der Waals surface area contributed by atoms with Crippen molar-refractivity contribution in [3.8, 4) is 11.1 Å². The molecule has 0 nitrogen and oxygen atoms in total. The first-order chi connectivity index (χ1) is 11.9. The minimum atomic E-state index is 0.0418. The van der Waals surface area contributed by atoms with Crippen LogP contribution in [0.1, 0.15) is 69.2 Å². The molecule has 0 heterocycles. The van der Waals surface area contributed by atoms with Crippen LogP contribution < -0.4 is 0 Å². The molecule has 1 heteroatoms. The molecule has 0 atom stereocenters. The van der Waals surface area contributed by atoms with E-state index >= 15 is 0 Å². The van der Waals surface area contributed by atoms with Crippen LogP contribution >= 0.6 is 7.92 Å². The fourth-order valence-corrected chi connectivity index (χ4v) is 7.26. The van der Waals surface area contributed by atoms with Crippen LogP contribution in [-0.2, 0) is 0 Å². The molecule has 128 valence electrons. The standard InChI is InChI=1S/C23H31P/c1-3-5-11-17-24(18-12-6-4-2)23-21-15-9-7-13-19(21)20-14-8-10-16-22(20)23/h7-10,13-16,23H,3-6,11-12,17-18H2,1-2H3. The summed E-state index contributed by atoms with van der Waals surface area (Å²) in [4.78, 5) is 0. The van der Waals surface area contributed by atoms with E-state index in [-0.39, 0.29) is 7.92 Å². The molecule has 0 spiro atoms. The van der Waals surface area contributed by atoms with Crippen molar-refractivity contribution >= 4 is 7.92 Å². The molecule has 1 aliphatic rings. The normalized spacial score (nSPS) is 13.3. The van der Waals surface area contributed by atoms with Crippen LogP contribution in [0.5, 0.6) is 0 Å². The van der Waals surface area contributed by atoms with Gasteiger partial charge in [-0.05, 0) is 47.4 Å². The van der Waals surface area contributed by atoms with Crippen molar-refractivity contribution < 1.29 is 0 Å². The maximum atomic E-state index is 2.40. The lowest BCUT2D eigenvalue weighted by Crippen LogP contribution is -2.02. The second-order valence-corrected chi connectivity index (χ2v) is 9.62. The summed E-state index contributed by atoms with van der Waals surface area (Å²) in [7, 11) is 0.0418. The highest BCUT2D eigenvalue weighted by atomic mass is 31.1. The second-order valence-electron chi connectivity index (χ2n) is 7.03. The Hall–Kier alpha value is -1.13. The highest BCUT2D eigenvalue weighted by Gasteiger charge is 2.33. The van der Waals surface area contributed by atoms with E-state index in [1.165, 1.54) is 62.0 Å². The van der Waals surface area contributed by atoms with Gasteiger partial charge in [-0.3, -0.25) is 0 Å². The van der Waals surface area contributed by atoms with Gasteiger partial charge in [0.25, 0.3) is 0 Å². The number of hydrogen-bond acceptors (Lipinski definition) is 0. The Balaban J connectivity index is 1.90. The lowest BCUT2D eigenvalue weighted by atomic mass is 10.1. The smallest absolute Gasteiger partial charge is 0.0303 e. The highest BCUT2D eigenvalue weighted by molar-refractivity contribution is 7.58. The summed E-state index contributed by atoms with van der Waals surface area (Å²) in [5.41, 5.74) is 6.89. The summed E-state index contributed by atoms with van der Waals surface area (Å²) >= 11 is 0. The first kappa shape index (κ1) is 17.7. The molecule has 0 unspecified atom stereocenters. The van der Waals surface area contributed by atoms with E-state index in [4.69, 9.17) is 0 Å². The van der Waals surface area contributed by atoms with Crippen molar-refractivity contribution in [2.75, 3.05) is 12.3 Å². The third kappa shape index (κ3) is 3.75. The van der Waals surface area contributed by atoms with Gasteiger partial charge in [0.1, 0.15) is 0 Å². The molecule has 0 N–H and O–H groups in total. The molecule has 1 aliphatic carbocycles. The summed E-state index contributed by atoms with van der Waals surface area (Å²) in [5, 5.41) is 0. The Morgan fingerprint density at radius 2 is 1.12 bits per heavy atom. The van der Waals surface area contributed by atoms with Crippen molar-refractivity contribution in [2.24, 2.45) is 0 Å². The van der Waals surface area contributed by atoms with Gasteiger partial charge < -0.3 is 0 Å². The number of hydrogen-bond donors (Lipinski definition) is 0. The number of rotatable bonds is 9. The van der Waals surface area contributed by atoms with Gasteiger partial charge in [-0.1, -0.05) is 96.0 Å². The zero-order chi connectivity index (χ0) is 16.8. The van der Waals surface area contributed by atoms with Crippen LogP contribution in [0.15, 0.2) is 48.5 Å². The predicted molar refractivity (Wildman–Crippen MR) is 109 cm³/mol. The maximum absolute atomic E-state index is 2.40. The number of benzene rings is 2. The summed E-state index contributed by atoms with van der Waals surface area (Å²) in [5.74, 6) is 0. The largest absolute Gasteiger partial charge is 0.0943 e. The summed E-state index contributed by atoms with van der Waals surface area (Å²) in [6.45, 7) is 4.64. The zero-order valence-electron chi connectivity index (χ0n) is 15.3. The first-order valence-electron chi connectivity index (χ1n) is 9.79. The average molecular weight is 338 g/mol. The topological polar surface area (TPSA) is 0 Å². The van der Waals surface area contributed by atoms with Gasteiger partial charge in [0, 0.05) is 5.66 Å². The van der Waals surface area contributed by atoms with E-state index in [0.717, 1.165) is 0 Å². The molecule has 0 radical (unpaired) electrons. The number of fused-ring (bicyclic) bond motifs is 3. The molecular formula is C23H31P. The molecule has 0 bridgehead atoms. The van der Waals surface area contributed by atoms with E-state index in [1.54, 1.807) is 11.1 Å². The Morgan fingerprint density at radius 1 is 0.667 bits per heavy atom. The zero-order valence-corrected chi connectivity index (χ0v) is 16.2. The lowest BCUT2D eigenvalue weighted by Gasteiger charge is -2.27. The van der Waals surface area contributed by atoms with Gasteiger partial charge in [-0.2, -0.15) is 0 Å². The summed E-state index contributed by atoms with van der Waals surface area (Å²) < 4.78 is 0. The average Bonchev–Trinajstić information content (AvgIpc) is 2.95. The fourth-order valence-electron chi connectivity index (χ4n) is 4.02. The monoisotopic (exact) mass is 338 g/mol. The Bertz CT molecular complexity index is 590. The van der Waals surface area contributed by atoms with E-state index in [1.807, 2.05) is 0 Å². The van der Waals surface area contributed by atoms with Gasteiger partial charge in [-0.15, -0.1) is 0 Å². The summed E-state index contributed by atoms with van der Waals surface area (Å²) in [6, 6.07) is 18.3. The van der Waals surface area contributed by atoms with Crippen LogP contribution in [0, 0.1) is 0 Å². The second kappa shape index (κ2) is 8.82. The van der Waals surface area contributed by atoms with Crippen molar-refractivity contribution in [1.29, 1.82) is 0 Å². The van der Waals surface area contributed by atoms with Gasteiger partial charge in [0.05, 0.1) is 0 Å². The predicted octanol–water partition coefficient (Wildman–Crippen LogP) is 7.62. The minimum absolute atomic E-state index is 0.0418. The Kier molecular flexibility index (Phi) is 6.50. The number of unbranched alkanes of at least 4 members (excludes halogenated alkanes) is 4. The molecular weight excluding hydrogens is 307 g/mol. The molecule has 24 heavy (non-hydrogen) atoms. The van der Waals surface area contributed by atoms with E-state index in [2.05, 4.69) is 62.4 Å². The van der Waals surface area contributed by atoms with Crippen LogP contribution in [0.2, 0.25) is 0 Å². The van der Waals surface area contributed by atoms with Crippen molar-refractivity contribution in [3.05, 3.63) is 59.7 Å². The third-order valence-corrected chi connectivity index (χ3v) is 8.33. The van der Waals surface area contributed by atoms with E-state index in [0.29, 0.717) is 5.66 Å². The maximum Gasteiger partial charge on any atom is 0.0303 e.